The minimum absolute atomic E-state index is 1.24. The summed E-state index contributed by atoms with van der Waals surface area (Å²) in [6, 6.07) is 0. The van der Waals surface area contributed by atoms with Crippen LogP contribution in [0.3, 0.4) is 0 Å². The van der Waals surface area contributed by atoms with Crippen LogP contribution in [0.25, 0.3) is 0 Å². The van der Waals surface area contributed by atoms with Crippen LogP contribution in [0.1, 0.15) is 0 Å². The van der Waals surface area contributed by atoms with Gasteiger partial charge >= 0.3 is 0 Å². The van der Waals surface area contributed by atoms with Crippen molar-refractivity contribution in [3.8, 4) is 0 Å². The molecule has 34 valence electrons. The highest BCUT2D eigenvalue weighted by molar-refractivity contribution is 14.1. The smallest absolute Gasteiger partial charge is 0.0406 e. The maximum atomic E-state index is 2.95. The molecule has 7 heavy (non-hydrogen) atoms. The van der Waals surface area contributed by atoms with E-state index in [4.69, 9.17) is 0 Å². The lowest BCUT2D eigenvalue weighted by Gasteiger charge is -1.75. The fourth-order valence-electron chi connectivity index (χ4n) is 0.371. The molecule has 0 aromatic rings. The molecule has 0 heterocycles. The van der Waals surface area contributed by atoms with Crippen LogP contribution in [0.4, 0.5) is 0 Å². The predicted octanol–water partition coefficient (Wildman–Crippen LogP) is 2.23. The number of rotatable bonds is 0. The van der Waals surface area contributed by atoms with E-state index in [1.54, 1.807) is 0 Å². The molecule has 0 radical (unpaired) electrons. The van der Waals surface area contributed by atoms with Gasteiger partial charge in [0.2, 0.25) is 0 Å². The van der Waals surface area contributed by atoms with Crippen molar-refractivity contribution >= 4 is 22.6 Å². The summed E-state index contributed by atoms with van der Waals surface area (Å²) < 4.78 is 1.24. The molecule has 0 aliphatic heterocycles. The van der Waals surface area contributed by atoms with Crippen LogP contribution >= 0.6 is 22.6 Å². The number of halogens is 1. The first-order chi connectivity index (χ1) is 3.39. The topological polar surface area (TPSA) is 0 Å². The van der Waals surface area contributed by atoms with Crippen LogP contribution in [0.2, 0.25) is 0 Å². The Bertz CT molecular complexity index is 140. The third-order valence-corrected chi connectivity index (χ3v) is 1.34. The van der Waals surface area contributed by atoms with Crippen molar-refractivity contribution in [3.63, 3.8) is 0 Å². The Labute approximate surface area is 56.8 Å². The van der Waals surface area contributed by atoms with Crippen molar-refractivity contribution in [2.45, 2.75) is 0 Å². The van der Waals surface area contributed by atoms with E-state index in [2.05, 4.69) is 28.7 Å². The highest BCUT2D eigenvalue weighted by Crippen LogP contribution is 2.09. The number of allylic oxidation sites excluding steroid dienone is 6. The van der Waals surface area contributed by atoms with Crippen LogP contribution < -0.4 is 0 Å². The molecule has 0 saturated carbocycles. The SMILES string of the molecule is IC1=CC=C[C+]=C1. The normalized spacial score (nSPS) is 15.9. The third kappa shape index (κ3) is 1.41. The quantitative estimate of drug-likeness (QED) is 0.418. The van der Waals surface area contributed by atoms with Crippen molar-refractivity contribution in [2.75, 3.05) is 0 Å². The summed E-state index contributed by atoms with van der Waals surface area (Å²) >= 11 is 2.25. The molecule has 0 fully saturated rings. The maximum Gasteiger partial charge on any atom is 0.123 e. The van der Waals surface area contributed by atoms with Gasteiger partial charge in [0, 0.05) is 34.7 Å². The van der Waals surface area contributed by atoms with Crippen molar-refractivity contribution in [3.05, 3.63) is 34.0 Å². The summed E-state index contributed by atoms with van der Waals surface area (Å²) in [4.78, 5) is 0. The van der Waals surface area contributed by atoms with Gasteiger partial charge in [-0.2, -0.15) is 0 Å². The Kier molecular flexibility index (Phi) is 1.60. The first-order valence-corrected chi connectivity index (χ1v) is 3.09. The lowest BCUT2D eigenvalue weighted by Crippen LogP contribution is -1.64. The summed E-state index contributed by atoms with van der Waals surface area (Å²) in [6.07, 6.45) is 10.8. The van der Waals surface area contributed by atoms with Gasteiger partial charge in [-0.05, 0) is 0 Å². The molecule has 0 amide bonds. The largest absolute Gasteiger partial charge is 0.123 e. The summed E-state index contributed by atoms with van der Waals surface area (Å²) in [5.74, 6) is 0. The van der Waals surface area contributed by atoms with E-state index < -0.39 is 0 Å². The van der Waals surface area contributed by atoms with Crippen LogP contribution in [-0.4, -0.2) is 0 Å². The van der Waals surface area contributed by atoms with E-state index in [0.29, 0.717) is 0 Å². The Morgan fingerprint density at radius 2 is 2.43 bits per heavy atom. The summed E-state index contributed by atoms with van der Waals surface area (Å²) in [6.45, 7) is 0. The minimum Gasteiger partial charge on any atom is 0.0406 e. The second-order valence-corrected chi connectivity index (χ2v) is 2.47. The van der Waals surface area contributed by atoms with Gasteiger partial charge in [0.15, 0.2) is 0 Å². The van der Waals surface area contributed by atoms with Gasteiger partial charge in [0.25, 0.3) is 0 Å². The molecule has 0 N–H and O–H groups in total. The Hall–Kier alpha value is -0.140. The van der Waals surface area contributed by atoms with E-state index >= 15 is 0 Å². The fraction of sp³-hybridized carbons (Fsp3) is 0. The molecule has 1 heteroatoms. The zero-order valence-corrected chi connectivity index (χ0v) is 5.84. The van der Waals surface area contributed by atoms with E-state index in [-0.39, 0.29) is 0 Å². The van der Waals surface area contributed by atoms with E-state index in [0.717, 1.165) is 0 Å². The molecule has 0 spiro atoms. The van der Waals surface area contributed by atoms with Crippen LogP contribution in [0, 0.1) is 6.08 Å². The van der Waals surface area contributed by atoms with Gasteiger partial charge in [-0.1, -0.05) is 0 Å². The molecule has 0 saturated heterocycles. The lowest BCUT2D eigenvalue weighted by molar-refractivity contribution is 1.74. The van der Waals surface area contributed by atoms with Crippen LogP contribution in [0.5, 0.6) is 0 Å². The van der Waals surface area contributed by atoms with Gasteiger partial charge in [-0.15, -0.1) is 0 Å². The second-order valence-electron chi connectivity index (χ2n) is 1.22. The monoisotopic (exact) mass is 203 g/mol. The molecule has 1 rings (SSSR count). The molecular formula is C6H4I+. The van der Waals surface area contributed by atoms with Gasteiger partial charge in [0.05, 0.1) is 6.08 Å². The molecular weight excluding hydrogens is 199 g/mol. The van der Waals surface area contributed by atoms with Crippen LogP contribution in [-0.2, 0) is 0 Å². The van der Waals surface area contributed by atoms with Crippen molar-refractivity contribution < 1.29 is 0 Å². The molecule has 0 atom stereocenters. The van der Waals surface area contributed by atoms with E-state index in [9.17, 15) is 0 Å². The first kappa shape index (κ1) is 5.01. The second kappa shape index (κ2) is 2.24. The molecule has 0 bridgehead atoms. The number of hydrogen-bond donors (Lipinski definition) is 0. The average molecular weight is 203 g/mol. The molecule has 0 nitrogen and oxygen atoms in total. The van der Waals surface area contributed by atoms with Gasteiger partial charge in [-0.3, -0.25) is 0 Å². The molecule has 0 aromatic carbocycles. The first-order valence-electron chi connectivity index (χ1n) is 2.01. The highest BCUT2D eigenvalue weighted by atomic mass is 127. The fourth-order valence-corrected chi connectivity index (χ4v) is 0.759. The summed E-state index contributed by atoms with van der Waals surface area (Å²) in [5, 5.41) is 0. The van der Waals surface area contributed by atoms with E-state index in [1.165, 1.54) is 3.58 Å². The zero-order valence-electron chi connectivity index (χ0n) is 3.69. The summed E-state index contributed by atoms with van der Waals surface area (Å²) in [7, 11) is 0. The number of hydrogen-bond acceptors (Lipinski definition) is 0. The predicted molar refractivity (Wildman–Crippen MR) is 39.1 cm³/mol. The average Bonchev–Trinajstić information content (AvgIpc) is 1.69. The molecule has 1 aliphatic carbocycles. The van der Waals surface area contributed by atoms with Crippen LogP contribution in [0.15, 0.2) is 27.9 Å². The Morgan fingerprint density at radius 1 is 1.57 bits per heavy atom. The molecule has 0 aromatic heterocycles. The van der Waals surface area contributed by atoms with Crippen molar-refractivity contribution in [2.24, 2.45) is 0 Å². The van der Waals surface area contributed by atoms with Gasteiger partial charge in [0.1, 0.15) is 15.7 Å². The van der Waals surface area contributed by atoms with Crippen molar-refractivity contribution in [1.82, 2.24) is 0 Å². The van der Waals surface area contributed by atoms with Crippen molar-refractivity contribution in [1.29, 1.82) is 0 Å². The highest BCUT2D eigenvalue weighted by Gasteiger charge is 1.93. The molecule has 1 aliphatic rings. The Balaban J connectivity index is 2.82. The van der Waals surface area contributed by atoms with Gasteiger partial charge in [-0.25, -0.2) is 0 Å². The van der Waals surface area contributed by atoms with Gasteiger partial charge < -0.3 is 0 Å². The molecule has 0 unspecified atom stereocenters. The third-order valence-electron chi connectivity index (χ3n) is 0.669. The maximum absolute atomic E-state index is 2.95. The van der Waals surface area contributed by atoms with E-state index in [1.807, 2.05) is 24.3 Å². The summed E-state index contributed by atoms with van der Waals surface area (Å²) in [5.41, 5.74) is 0. The Morgan fingerprint density at radius 3 is 2.71 bits per heavy atom. The lowest BCUT2D eigenvalue weighted by atomic mass is 10.3. The minimum atomic E-state index is 1.24. The standard InChI is InChI=1S/C6H4I/c7-6-4-2-1-3-5-6/h1-2,4-5H/q+1. The zero-order chi connectivity index (χ0) is 5.11.